The number of piperazine rings is 1. The number of carbonyl (C=O) groups excluding carboxylic acids is 1. The Morgan fingerprint density at radius 1 is 0.964 bits per heavy atom. The Kier molecular flexibility index (Phi) is 5.00. The summed E-state index contributed by atoms with van der Waals surface area (Å²) in [5.74, 6) is 0.129. The van der Waals surface area contributed by atoms with Crippen molar-refractivity contribution < 1.29 is 9.72 Å². The zero-order valence-electron chi connectivity index (χ0n) is 16.0. The first kappa shape index (κ1) is 18.4. The third-order valence-corrected chi connectivity index (χ3v) is 5.79. The molecule has 0 N–H and O–H groups in total. The molecule has 1 saturated heterocycles. The summed E-state index contributed by atoms with van der Waals surface area (Å²) >= 11 is 0. The molecule has 0 spiro atoms. The van der Waals surface area contributed by atoms with E-state index >= 15 is 0 Å². The summed E-state index contributed by atoms with van der Waals surface area (Å²) in [5, 5.41) is 11.3. The zero-order valence-corrected chi connectivity index (χ0v) is 16.0. The van der Waals surface area contributed by atoms with Crippen LogP contribution in [0.3, 0.4) is 0 Å². The minimum absolute atomic E-state index is 0.129. The summed E-state index contributed by atoms with van der Waals surface area (Å²) in [7, 11) is 0. The van der Waals surface area contributed by atoms with Crippen LogP contribution < -0.4 is 9.80 Å². The molecule has 7 heteroatoms. The summed E-state index contributed by atoms with van der Waals surface area (Å²) < 4.78 is 0. The molecule has 2 aromatic carbocycles. The molecule has 0 unspecified atom stereocenters. The minimum atomic E-state index is -0.335. The Labute approximate surface area is 164 Å². The summed E-state index contributed by atoms with van der Waals surface area (Å²) in [6.07, 6.45) is 0.903. The van der Waals surface area contributed by atoms with Gasteiger partial charge in [-0.1, -0.05) is 30.3 Å². The topological polar surface area (TPSA) is 69.9 Å². The molecular formula is C21H24N4O3. The predicted octanol–water partition coefficient (Wildman–Crippen LogP) is 2.69. The molecule has 0 radical (unpaired) electrons. The third-order valence-electron chi connectivity index (χ3n) is 5.79. The lowest BCUT2D eigenvalue weighted by molar-refractivity contribution is -0.384. The smallest absolute Gasteiger partial charge is 0.292 e. The van der Waals surface area contributed by atoms with Gasteiger partial charge in [-0.2, -0.15) is 0 Å². The van der Waals surface area contributed by atoms with Gasteiger partial charge in [-0.3, -0.25) is 19.8 Å². The maximum Gasteiger partial charge on any atom is 0.292 e. The molecule has 2 aromatic rings. The highest BCUT2D eigenvalue weighted by molar-refractivity contribution is 5.98. The first-order chi connectivity index (χ1) is 13.6. The molecule has 0 aliphatic carbocycles. The standard InChI is InChI=1S/C21H24N4O3/c1-16(21(26)24-11-10-17-6-2-3-7-18(17)24)22-12-14-23(15-13-22)19-8-4-5-9-20(19)25(27)28/h2-9,16H,10-15H2,1H3/t16-/m0/s1. The highest BCUT2D eigenvalue weighted by atomic mass is 16.6. The Bertz CT molecular complexity index is 893. The number of nitro benzene ring substituents is 1. The van der Waals surface area contributed by atoms with Gasteiger partial charge >= 0.3 is 0 Å². The first-order valence-electron chi connectivity index (χ1n) is 9.68. The molecule has 0 bridgehead atoms. The van der Waals surface area contributed by atoms with E-state index in [1.807, 2.05) is 41.0 Å². The van der Waals surface area contributed by atoms with Gasteiger partial charge in [0.15, 0.2) is 0 Å². The Morgan fingerprint density at radius 2 is 1.61 bits per heavy atom. The molecule has 28 heavy (non-hydrogen) atoms. The van der Waals surface area contributed by atoms with Gasteiger partial charge in [-0.25, -0.2) is 0 Å². The average molecular weight is 380 g/mol. The van der Waals surface area contributed by atoms with E-state index in [1.165, 1.54) is 5.56 Å². The van der Waals surface area contributed by atoms with Gasteiger partial charge in [0.1, 0.15) is 5.69 Å². The SMILES string of the molecule is C[C@@H](C(=O)N1CCc2ccccc21)N1CCN(c2ccccc2[N+](=O)[O-])CC1. The largest absolute Gasteiger partial charge is 0.363 e. The van der Waals surface area contributed by atoms with Gasteiger partial charge < -0.3 is 9.80 Å². The molecule has 0 saturated carbocycles. The van der Waals surface area contributed by atoms with Crippen molar-refractivity contribution in [2.45, 2.75) is 19.4 Å². The summed E-state index contributed by atoms with van der Waals surface area (Å²) in [6.45, 7) is 5.43. The summed E-state index contributed by atoms with van der Waals surface area (Å²) in [6, 6.07) is 14.7. The van der Waals surface area contributed by atoms with Crippen molar-refractivity contribution in [1.29, 1.82) is 0 Å². The summed E-state index contributed by atoms with van der Waals surface area (Å²) in [5.41, 5.74) is 3.04. The Morgan fingerprint density at radius 3 is 2.32 bits per heavy atom. The van der Waals surface area contributed by atoms with Crippen molar-refractivity contribution >= 4 is 23.0 Å². The highest BCUT2D eigenvalue weighted by Gasteiger charge is 2.33. The van der Waals surface area contributed by atoms with Gasteiger partial charge in [0, 0.05) is 44.5 Å². The van der Waals surface area contributed by atoms with Gasteiger partial charge in [0.25, 0.3) is 5.69 Å². The van der Waals surface area contributed by atoms with Crippen LogP contribution in [0, 0.1) is 10.1 Å². The molecule has 1 amide bonds. The van der Waals surface area contributed by atoms with Crippen LogP contribution in [0.25, 0.3) is 0 Å². The molecule has 146 valence electrons. The van der Waals surface area contributed by atoms with Crippen LogP contribution >= 0.6 is 0 Å². The second kappa shape index (κ2) is 7.59. The third kappa shape index (κ3) is 3.33. The lowest BCUT2D eigenvalue weighted by Gasteiger charge is -2.39. The van der Waals surface area contributed by atoms with Crippen LogP contribution in [0.2, 0.25) is 0 Å². The van der Waals surface area contributed by atoms with Gasteiger partial charge in [-0.15, -0.1) is 0 Å². The fraction of sp³-hybridized carbons (Fsp3) is 0.381. The number of amides is 1. The second-order valence-corrected chi connectivity index (χ2v) is 7.31. The molecule has 7 nitrogen and oxygen atoms in total. The number of rotatable bonds is 4. The van der Waals surface area contributed by atoms with E-state index in [0.717, 1.165) is 18.7 Å². The van der Waals surface area contributed by atoms with Crippen LogP contribution in [0.4, 0.5) is 17.1 Å². The number of hydrogen-bond acceptors (Lipinski definition) is 5. The van der Waals surface area contributed by atoms with Crippen molar-refractivity contribution in [2.75, 3.05) is 42.5 Å². The van der Waals surface area contributed by atoms with E-state index in [1.54, 1.807) is 18.2 Å². The number of nitro groups is 1. The molecule has 2 aliphatic rings. The Hall–Kier alpha value is -2.93. The van der Waals surface area contributed by atoms with Crippen molar-refractivity contribution in [3.8, 4) is 0 Å². The van der Waals surface area contributed by atoms with Crippen LogP contribution in [-0.4, -0.2) is 54.5 Å². The van der Waals surface area contributed by atoms with Gasteiger partial charge in [0.05, 0.1) is 11.0 Å². The zero-order chi connectivity index (χ0) is 19.7. The van der Waals surface area contributed by atoms with Gasteiger partial charge in [0.2, 0.25) is 5.91 Å². The fourth-order valence-corrected chi connectivity index (χ4v) is 4.18. The van der Waals surface area contributed by atoms with Crippen molar-refractivity contribution in [1.82, 2.24) is 4.90 Å². The second-order valence-electron chi connectivity index (χ2n) is 7.31. The van der Waals surface area contributed by atoms with E-state index in [0.29, 0.717) is 31.9 Å². The molecule has 1 fully saturated rings. The number of hydrogen-bond donors (Lipinski definition) is 0. The molecule has 0 aromatic heterocycles. The minimum Gasteiger partial charge on any atom is -0.363 e. The van der Waals surface area contributed by atoms with Crippen molar-refractivity contribution in [3.05, 3.63) is 64.2 Å². The van der Waals surface area contributed by atoms with Crippen molar-refractivity contribution in [3.63, 3.8) is 0 Å². The van der Waals surface area contributed by atoms with E-state index in [4.69, 9.17) is 0 Å². The first-order valence-corrected chi connectivity index (χ1v) is 9.68. The van der Waals surface area contributed by atoms with Crippen LogP contribution in [-0.2, 0) is 11.2 Å². The highest BCUT2D eigenvalue weighted by Crippen LogP contribution is 2.30. The molecule has 4 rings (SSSR count). The lowest BCUT2D eigenvalue weighted by Crippen LogP contribution is -2.54. The molecular weight excluding hydrogens is 356 g/mol. The van der Waals surface area contributed by atoms with E-state index < -0.39 is 0 Å². The number of nitrogens with zero attached hydrogens (tertiary/aromatic N) is 4. The fourth-order valence-electron chi connectivity index (χ4n) is 4.18. The van der Waals surface area contributed by atoms with Crippen LogP contribution in [0.5, 0.6) is 0 Å². The Balaban J connectivity index is 1.42. The monoisotopic (exact) mass is 380 g/mol. The van der Waals surface area contributed by atoms with Gasteiger partial charge in [-0.05, 0) is 31.0 Å². The maximum atomic E-state index is 13.1. The van der Waals surface area contributed by atoms with E-state index in [-0.39, 0.29) is 22.6 Å². The molecule has 2 aliphatic heterocycles. The molecule has 1 atom stereocenters. The quantitative estimate of drug-likeness (QED) is 0.603. The lowest BCUT2D eigenvalue weighted by atomic mass is 10.1. The van der Waals surface area contributed by atoms with Crippen LogP contribution in [0.1, 0.15) is 12.5 Å². The maximum absolute atomic E-state index is 13.1. The average Bonchev–Trinajstić information content (AvgIpc) is 3.17. The number of carbonyl (C=O) groups is 1. The van der Waals surface area contributed by atoms with Crippen molar-refractivity contribution in [2.24, 2.45) is 0 Å². The number of anilines is 2. The number of para-hydroxylation sites is 3. The predicted molar refractivity (Wildman–Crippen MR) is 109 cm³/mol. The molecule has 2 heterocycles. The normalized spacial score (nSPS) is 18.0. The van der Waals surface area contributed by atoms with E-state index in [9.17, 15) is 14.9 Å². The van der Waals surface area contributed by atoms with Crippen LogP contribution in [0.15, 0.2) is 48.5 Å². The van der Waals surface area contributed by atoms with E-state index in [2.05, 4.69) is 11.0 Å². The summed E-state index contributed by atoms with van der Waals surface area (Å²) in [4.78, 5) is 30.2. The number of benzene rings is 2. The number of fused-ring (bicyclic) bond motifs is 1.